The third kappa shape index (κ3) is 1.62. The molecule has 17 heavy (non-hydrogen) atoms. The summed E-state index contributed by atoms with van der Waals surface area (Å²) in [4.78, 5) is 23.6. The number of ketones is 2. The van der Waals surface area contributed by atoms with Crippen molar-refractivity contribution < 1.29 is 19.1 Å². The molecule has 1 aromatic carbocycles. The maximum Gasteiger partial charge on any atom is 0.237 e. The molecule has 0 fully saturated rings. The monoisotopic (exact) mass is 232 g/mol. The molecule has 0 radical (unpaired) electrons. The van der Waals surface area contributed by atoms with Crippen molar-refractivity contribution in [1.82, 2.24) is 0 Å². The zero-order valence-electron chi connectivity index (χ0n) is 9.87. The molecule has 88 valence electrons. The standard InChI is InChI=1S/C13H12O4/c1-7-6-8-4-5-9(16-2)13(17-3)10(8)12(15)11(7)14/h4-6H,1-3H3. The fraction of sp³-hybridized carbons (Fsp3) is 0.231. The second-order valence-electron chi connectivity index (χ2n) is 3.75. The summed E-state index contributed by atoms with van der Waals surface area (Å²) in [6.07, 6.45) is 1.68. The number of carbonyl (C=O) groups is 2. The van der Waals surface area contributed by atoms with Crippen LogP contribution in [0.3, 0.4) is 0 Å². The summed E-state index contributed by atoms with van der Waals surface area (Å²) in [5.74, 6) is -0.285. The van der Waals surface area contributed by atoms with Gasteiger partial charge in [0.15, 0.2) is 11.5 Å². The third-order valence-corrected chi connectivity index (χ3v) is 2.74. The van der Waals surface area contributed by atoms with Crippen LogP contribution in [0.5, 0.6) is 11.5 Å². The highest BCUT2D eigenvalue weighted by atomic mass is 16.5. The van der Waals surface area contributed by atoms with Crippen LogP contribution in [0.1, 0.15) is 22.8 Å². The van der Waals surface area contributed by atoms with E-state index >= 15 is 0 Å². The molecule has 0 aromatic heterocycles. The quantitative estimate of drug-likeness (QED) is 0.730. The highest BCUT2D eigenvalue weighted by molar-refractivity contribution is 6.52. The highest BCUT2D eigenvalue weighted by Gasteiger charge is 2.30. The first-order valence-electron chi connectivity index (χ1n) is 5.12. The third-order valence-electron chi connectivity index (χ3n) is 2.74. The molecule has 0 N–H and O–H groups in total. The maximum absolute atomic E-state index is 11.9. The van der Waals surface area contributed by atoms with Gasteiger partial charge in [-0.3, -0.25) is 9.59 Å². The number of rotatable bonds is 2. The van der Waals surface area contributed by atoms with Gasteiger partial charge in [0.25, 0.3) is 0 Å². The summed E-state index contributed by atoms with van der Waals surface area (Å²) in [6, 6.07) is 3.45. The number of methoxy groups -OCH3 is 2. The van der Waals surface area contributed by atoms with E-state index in [0.717, 1.165) is 0 Å². The van der Waals surface area contributed by atoms with Crippen LogP contribution in [-0.4, -0.2) is 25.8 Å². The van der Waals surface area contributed by atoms with E-state index in [4.69, 9.17) is 9.47 Å². The molecule has 2 rings (SSSR count). The number of carbonyl (C=O) groups excluding carboxylic acids is 2. The SMILES string of the molecule is COc1ccc2c(c1OC)C(=O)C(=O)C(C)=C2. The molecule has 0 saturated carbocycles. The fourth-order valence-electron chi connectivity index (χ4n) is 1.89. The average Bonchev–Trinajstić information content (AvgIpc) is 2.34. The van der Waals surface area contributed by atoms with Gasteiger partial charge in [-0.05, 0) is 24.6 Å². The van der Waals surface area contributed by atoms with Gasteiger partial charge in [0.05, 0.1) is 19.8 Å². The van der Waals surface area contributed by atoms with Gasteiger partial charge in [-0.1, -0.05) is 6.07 Å². The Bertz CT molecular complexity index is 541. The molecule has 1 aliphatic carbocycles. The van der Waals surface area contributed by atoms with Crippen molar-refractivity contribution in [1.29, 1.82) is 0 Å². The number of hydrogen-bond donors (Lipinski definition) is 0. The minimum atomic E-state index is -0.546. The minimum absolute atomic E-state index is 0.280. The molecule has 1 aliphatic rings. The van der Waals surface area contributed by atoms with Crippen molar-refractivity contribution in [3.05, 3.63) is 28.8 Å². The van der Waals surface area contributed by atoms with Crippen LogP contribution in [0.4, 0.5) is 0 Å². The lowest BCUT2D eigenvalue weighted by Crippen LogP contribution is -2.21. The Kier molecular flexibility index (Phi) is 2.71. The van der Waals surface area contributed by atoms with E-state index in [1.165, 1.54) is 14.2 Å². The number of benzene rings is 1. The summed E-state index contributed by atoms with van der Waals surface area (Å²) >= 11 is 0. The first-order chi connectivity index (χ1) is 8.10. The molecule has 0 atom stereocenters. The highest BCUT2D eigenvalue weighted by Crippen LogP contribution is 2.37. The lowest BCUT2D eigenvalue weighted by molar-refractivity contribution is -0.111. The first kappa shape index (κ1) is 11.4. The van der Waals surface area contributed by atoms with Gasteiger partial charge >= 0.3 is 0 Å². The number of ether oxygens (including phenoxy) is 2. The van der Waals surface area contributed by atoms with Crippen LogP contribution < -0.4 is 9.47 Å². The molecular weight excluding hydrogens is 220 g/mol. The van der Waals surface area contributed by atoms with Gasteiger partial charge in [-0.25, -0.2) is 0 Å². The molecule has 4 nitrogen and oxygen atoms in total. The van der Waals surface area contributed by atoms with Crippen molar-refractivity contribution >= 4 is 17.6 Å². The normalized spacial score (nSPS) is 14.2. The summed E-state index contributed by atoms with van der Waals surface area (Å²) in [7, 11) is 2.93. The van der Waals surface area contributed by atoms with Gasteiger partial charge in [-0.15, -0.1) is 0 Å². The van der Waals surface area contributed by atoms with E-state index in [1.807, 2.05) is 0 Å². The average molecular weight is 232 g/mol. The van der Waals surface area contributed by atoms with Gasteiger partial charge < -0.3 is 9.47 Å². The Labute approximate surface area is 98.8 Å². The summed E-state index contributed by atoms with van der Waals surface area (Å²) in [6.45, 7) is 1.62. The summed E-state index contributed by atoms with van der Waals surface area (Å²) in [5, 5.41) is 0. The predicted octanol–water partition coefficient (Wildman–Crippen LogP) is 1.87. The molecule has 0 spiro atoms. The predicted molar refractivity (Wildman–Crippen MR) is 62.5 cm³/mol. The topological polar surface area (TPSA) is 52.6 Å². The number of Topliss-reactive ketones (excluding diaryl/α,β-unsaturated/α-hetero) is 2. The number of fused-ring (bicyclic) bond motifs is 1. The van der Waals surface area contributed by atoms with Gasteiger partial charge in [0.2, 0.25) is 11.6 Å². The molecule has 0 heterocycles. The Balaban J connectivity index is 2.75. The second kappa shape index (κ2) is 4.05. The second-order valence-corrected chi connectivity index (χ2v) is 3.75. The fourth-order valence-corrected chi connectivity index (χ4v) is 1.89. The minimum Gasteiger partial charge on any atom is -0.493 e. The van der Waals surface area contributed by atoms with E-state index < -0.39 is 11.6 Å². The maximum atomic E-state index is 11.9. The zero-order chi connectivity index (χ0) is 12.6. The van der Waals surface area contributed by atoms with Crippen LogP contribution in [0.2, 0.25) is 0 Å². The van der Waals surface area contributed by atoms with Crippen molar-refractivity contribution in [3.8, 4) is 11.5 Å². The summed E-state index contributed by atoms with van der Waals surface area (Å²) in [5.41, 5.74) is 1.40. The van der Waals surface area contributed by atoms with E-state index in [2.05, 4.69) is 0 Å². The van der Waals surface area contributed by atoms with Crippen molar-refractivity contribution in [2.45, 2.75) is 6.92 Å². The van der Waals surface area contributed by atoms with Crippen molar-refractivity contribution in [2.24, 2.45) is 0 Å². The van der Waals surface area contributed by atoms with Gasteiger partial charge in [0, 0.05) is 5.57 Å². The molecule has 0 bridgehead atoms. The molecule has 0 saturated heterocycles. The molecule has 0 amide bonds. The van der Waals surface area contributed by atoms with Crippen molar-refractivity contribution in [3.63, 3.8) is 0 Å². The Morgan fingerprint density at radius 3 is 2.29 bits per heavy atom. The number of hydrogen-bond acceptors (Lipinski definition) is 4. The number of allylic oxidation sites excluding steroid dienone is 1. The molecule has 1 aromatic rings. The molecule has 4 heteroatoms. The van der Waals surface area contributed by atoms with Crippen LogP contribution in [-0.2, 0) is 4.79 Å². The molecule has 0 aliphatic heterocycles. The first-order valence-corrected chi connectivity index (χ1v) is 5.12. The molecular formula is C13H12O4. The van der Waals surface area contributed by atoms with Crippen LogP contribution >= 0.6 is 0 Å². The Morgan fingerprint density at radius 1 is 1.00 bits per heavy atom. The van der Waals surface area contributed by atoms with E-state index in [-0.39, 0.29) is 5.56 Å². The Hall–Kier alpha value is -2.10. The van der Waals surface area contributed by atoms with E-state index in [9.17, 15) is 9.59 Å². The van der Waals surface area contributed by atoms with E-state index in [0.29, 0.717) is 22.6 Å². The largest absolute Gasteiger partial charge is 0.493 e. The zero-order valence-corrected chi connectivity index (χ0v) is 9.87. The lowest BCUT2D eigenvalue weighted by Gasteiger charge is -2.17. The van der Waals surface area contributed by atoms with Gasteiger partial charge in [-0.2, -0.15) is 0 Å². The Morgan fingerprint density at radius 2 is 1.71 bits per heavy atom. The van der Waals surface area contributed by atoms with Crippen LogP contribution in [0.25, 0.3) is 6.08 Å². The van der Waals surface area contributed by atoms with E-state index in [1.54, 1.807) is 25.1 Å². The van der Waals surface area contributed by atoms with Crippen LogP contribution in [0.15, 0.2) is 17.7 Å². The smallest absolute Gasteiger partial charge is 0.237 e. The van der Waals surface area contributed by atoms with Crippen LogP contribution in [0, 0.1) is 0 Å². The molecule has 0 unspecified atom stereocenters. The van der Waals surface area contributed by atoms with Crippen molar-refractivity contribution in [2.75, 3.05) is 14.2 Å². The lowest BCUT2D eigenvalue weighted by atomic mass is 9.90. The van der Waals surface area contributed by atoms with Gasteiger partial charge in [0.1, 0.15) is 0 Å². The summed E-state index contributed by atoms with van der Waals surface area (Å²) < 4.78 is 10.3.